The molecule has 2 aromatic carbocycles. The number of piperidine rings is 1. The third-order valence-electron chi connectivity index (χ3n) is 5.64. The van der Waals surface area contributed by atoms with Gasteiger partial charge in [0, 0.05) is 25.0 Å². The standard InChI is InChI=1S/C24H22ClF3N4O2S/c25-18-8-1-2-9-19(18)30-23-31-20(14-35-23)22(34)32-10-4-6-16(13-32)21(33)29-12-15-5-3-7-17(11-15)24(26,27)28/h1-3,5,7-9,11,14,16H,4,6,10,12-13H2,(H,29,33)(H,30,31). The normalized spacial score (nSPS) is 16.1. The van der Waals surface area contributed by atoms with Gasteiger partial charge in [-0.2, -0.15) is 13.2 Å². The summed E-state index contributed by atoms with van der Waals surface area (Å²) in [6, 6.07) is 12.1. The van der Waals surface area contributed by atoms with Crippen LogP contribution in [0.1, 0.15) is 34.5 Å². The maximum absolute atomic E-state index is 13.0. The van der Waals surface area contributed by atoms with Crippen molar-refractivity contribution in [1.82, 2.24) is 15.2 Å². The van der Waals surface area contributed by atoms with Gasteiger partial charge < -0.3 is 15.5 Å². The number of alkyl halides is 3. The van der Waals surface area contributed by atoms with E-state index >= 15 is 0 Å². The van der Waals surface area contributed by atoms with Crippen LogP contribution >= 0.6 is 22.9 Å². The minimum Gasteiger partial charge on any atom is -0.352 e. The molecule has 4 rings (SSSR count). The molecule has 1 saturated heterocycles. The number of likely N-dealkylation sites (tertiary alicyclic amines) is 1. The number of nitrogens with zero attached hydrogens (tertiary/aromatic N) is 2. The lowest BCUT2D eigenvalue weighted by Crippen LogP contribution is -2.45. The number of carbonyl (C=O) groups is 2. The Balaban J connectivity index is 1.34. The van der Waals surface area contributed by atoms with Crippen molar-refractivity contribution >= 4 is 45.6 Å². The lowest BCUT2D eigenvalue weighted by atomic mass is 9.96. The third-order valence-corrected chi connectivity index (χ3v) is 6.73. The topological polar surface area (TPSA) is 74.3 Å². The van der Waals surface area contributed by atoms with E-state index in [2.05, 4.69) is 15.6 Å². The Kier molecular flexibility index (Phi) is 7.61. The predicted octanol–water partition coefficient (Wildman–Crippen LogP) is 5.73. The van der Waals surface area contributed by atoms with E-state index < -0.39 is 17.7 Å². The van der Waals surface area contributed by atoms with Crippen LogP contribution < -0.4 is 10.6 Å². The molecular weight excluding hydrogens is 501 g/mol. The maximum Gasteiger partial charge on any atom is 0.416 e. The van der Waals surface area contributed by atoms with Crippen LogP contribution in [0.4, 0.5) is 24.0 Å². The second-order valence-corrected chi connectivity index (χ2v) is 9.41. The first kappa shape index (κ1) is 25.0. The van der Waals surface area contributed by atoms with Crippen molar-refractivity contribution in [2.75, 3.05) is 18.4 Å². The molecule has 6 nitrogen and oxygen atoms in total. The zero-order chi connectivity index (χ0) is 25.0. The Morgan fingerprint density at radius 1 is 1.17 bits per heavy atom. The fourth-order valence-corrected chi connectivity index (χ4v) is 4.72. The number of hydrogen-bond donors (Lipinski definition) is 2. The van der Waals surface area contributed by atoms with Crippen molar-refractivity contribution in [3.63, 3.8) is 0 Å². The highest BCUT2D eigenvalue weighted by Gasteiger charge is 2.31. The molecular formula is C24H22ClF3N4O2S. The number of nitrogens with one attached hydrogen (secondary N) is 2. The molecule has 184 valence electrons. The number of halogens is 4. The van der Waals surface area contributed by atoms with Crippen LogP contribution in [0.2, 0.25) is 5.02 Å². The van der Waals surface area contributed by atoms with E-state index in [9.17, 15) is 22.8 Å². The van der Waals surface area contributed by atoms with E-state index in [1.165, 1.54) is 23.5 Å². The van der Waals surface area contributed by atoms with Crippen LogP contribution in [-0.2, 0) is 17.5 Å². The van der Waals surface area contributed by atoms with Gasteiger partial charge in [0.15, 0.2) is 5.13 Å². The Morgan fingerprint density at radius 3 is 2.74 bits per heavy atom. The molecule has 1 unspecified atom stereocenters. The van der Waals surface area contributed by atoms with Crippen molar-refractivity contribution in [1.29, 1.82) is 0 Å². The van der Waals surface area contributed by atoms with Gasteiger partial charge in [-0.3, -0.25) is 9.59 Å². The minimum atomic E-state index is -4.44. The number of hydrogen-bond acceptors (Lipinski definition) is 5. The molecule has 0 saturated carbocycles. The molecule has 2 heterocycles. The average molecular weight is 523 g/mol. The molecule has 1 atom stereocenters. The number of amides is 2. The predicted molar refractivity (Wildman–Crippen MR) is 129 cm³/mol. The van der Waals surface area contributed by atoms with Crippen molar-refractivity contribution in [2.45, 2.75) is 25.6 Å². The second kappa shape index (κ2) is 10.7. The smallest absolute Gasteiger partial charge is 0.352 e. The number of anilines is 2. The van der Waals surface area contributed by atoms with Crippen molar-refractivity contribution in [3.05, 3.63) is 75.8 Å². The van der Waals surface area contributed by atoms with E-state index in [0.717, 1.165) is 12.1 Å². The van der Waals surface area contributed by atoms with Gasteiger partial charge in [-0.1, -0.05) is 35.9 Å². The van der Waals surface area contributed by atoms with Crippen LogP contribution in [0.3, 0.4) is 0 Å². The Labute approximate surface area is 209 Å². The molecule has 1 aromatic heterocycles. The van der Waals surface area contributed by atoms with E-state index in [4.69, 9.17) is 11.6 Å². The highest BCUT2D eigenvalue weighted by atomic mass is 35.5. The molecule has 2 amide bonds. The first-order chi connectivity index (χ1) is 16.7. The summed E-state index contributed by atoms with van der Waals surface area (Å²) in [5.41, 5.74) is 0.552. The van der Waals surface area contributed by atoms with Gasteiger partial charge in [-0.25, -0.2) is 4.98 Å². The van der Waals surface area contributed by atoms with Gasteiger partial charge >= 0.3 is 6.18 Å². The number of rotatable bonds is 6. The minimum absolute atomic E-state index is 0.0175. The number of benzene rings is 2. The van der Waals surface area contributed by atoms with Crippen LogP contribution in [0, 0.1) is 5.92 Å². The summed E-state index contributed by atoms with van der Waals surface area (Å²) in [6.45, 7) is 0.704. The molecule has 2 N–H and O–H groups in total. The first-order valence-electron chi connectivity index (χ1n) is 10.9. The highest BCUT2D eigenvalue weighted by molar-refractivity contribution is 7.14. The maximum atomic E-state index is 13.0. The lowest BCUT2D eigenvalue weighted by molar-refractivity contribution is -0.137. The molecule has 11 heteroatoms. The summed E-state index contributed by atoms with van der Waals surface area (Å²) >= 11 is 7.43. The van der Waals surface area contributed by atoms with Crippen LogP contribution in [-0.4, -0.2) is 34.8 Å². The largest absolute Gasteiger partial charge is 0.416 e. The Bertz CT molecular complexity index is 1220. The lowest BCUT2D eigenvalue weighted by Gasteiger charge is -2.31. The third kappa shape index (κ3) is 6.32. The molecule has 1 aliphatic heterocycles. The molecule has 35 heavy (non-hydrogen) atoms. The Hall–Kier alpha value is -3.11. The second-order valence-electron chi connectivity index (χ2n) is 8.15. The molecule has 0 aliphatic carbocycles. The monoisotopic (exact) mass is 522 g/mol. The number of thiazole rings is 1. The van der Waals surface area contributed by atoms with Crippen molar-refractivity contribution in [3.8, 4) is 0 Å². The average Bonchev–Trinajstić information content (AvgIpc) is 3.32. The van der Waals surface area contributed by atoms with E-state index in [-0.39, 0.29) is 30.6 Å². The van der Waals surface area contributed by atoms with Gasteiger partial charge in [-0.15, -0.1) is 11.3 Å². The molecule has 0 spiro atoms. The number of aromatic nitrogens is 1. The summed E-state index contributed by atoms with van der Waals surface area (Å²) in [7, 11) is 0. The first-order valence-corrected chi connectivity index (χ1v) is 12.2. The summed E-state index contributed by atoms with van der Waals surface area (Å²) in [5, 5.41) is 8.50. The fraction of sp³-hybridized carbons (Fsp3) is 0.292. The van der Waals surface area contributed by atoms with Crippen LogP contribution in [0.15, 0.2) is 53.9 Å². The van der Waals surface area contributed by atoms with Crippen LogP contribution in [0.25, 0.3) is 0 Å². The van der Waals surface area contributed by atoms with Crippen molar-refractivity contribution in [2.24, 2.45) is 5.92 Å². The SMILES string of the molecule is O=C(NCc1cccc(C(F)(F)F)c1)C1CCCN(C(=O)c2csc(Nc3ccccc3Cl)n2)C1. The summed E-state index contributed by atoms with van der Waals surface area (Å²) in [6.07, 6.45) is -3.21. The number of carbonyl (C=O) groups excluding carboxylic acids is 2. The summed E-state index contributed by atoms with van der Waals surface area (Å²) in [4.78, 5) is 31.6. The van der Waals surface area contributed by atoms with Crippen molar-refractivity contribution < 1.29 is 22.8 Å². The van der Waals surface area contributed by atoms with E-state index in [0.29, 0.717) is 40.8 Å². The zero-order valence-corrected chi connectivity index (χ0v) is 20.0. The summed E-state index contributed by atoms with van der Waals surface area (Å²) < 4.78 is 38.7. The highest BCUT2D eigenvalue weighted by Crippen LogP contribution is 2.30. The molecule has 3 aromatic rings. The van der Waals surface area contributed by atoms with E-state index in [1.807, 2.05) is 12.1 Å². The fourth-order valence-electron chi connectivity index (χ4n) is 3.84. The van der Waals surface area contributed by atoms with Gasteiger partial charge in [0.25, 0.3) is 5.91 Å². The van der Waals surface area contributed by atoms with Gasteiger partial charge in [-0.05, 0) is 42.7 Å². The van der Waals surface area contributed by atoms with Gasteiger partial charge in [0.05, 0.1) is 22.2 Å². The molecule has 1 fully saturated rings. The van der Waals surface area contributed by atoms with Crippen LogP contribution in [0.5, 0.6) is 0 Å². The molecule has 1 aliphatic rings. The number of para-hydroxylation sites is 1. The molecule has 0 radical (unpaired) electrons. The van der Waals surface area contributed by atoms with Gasteiger partial charge in [0.2, 0.25) is 5.91 Å². The summed E-state index contributed by atoms with van der Waals surface area (Å²) in [5.74, 6) is -1.01. The quantitative estimate of drug-likeness (QED) is 0.434. The van der Waals surface area contributed by atoms with Gasteiger partial charge in [0.1, 0.15) is 5.69 Å². The van der Waals surface area contributed by atoms with E-state index in [1.54, 1.807) is 22.4 Å². The Morgan fingerprint density at radius 2 is 1.97 bits per heavy atom. The zero-order valence-electron chi connectivity index (χ0n) is 18.4. The molecule has 0 bridgehead atoms.